The molecule has 2 aliphatic heterocycles. The molecule has 3 heterocycles. The predicted molar refractivity (Wildman–Crippen MR) is 73.4 cm³/mol. The van der Waals surface area contributed by atoms with Crippen LogP contribution in [0.1, 0.15) is 24.3 Å². The fourth-order valence-corrected chi connectivity index (χ4v) is 4.51. The van der Waals surface area contributed by atoms with Gasteiger partial charge in [0, 0.05) is 38.3 Å². The van der Waals surface area contributed by atoms with Crippen LogP contribution in [0.2, 0.25) is 0 Å². The van der Waals surface area contributed by atoms with E-state index < -0.39 is 10.2 Å². The Kier molecular flexibility index (Phi) is 4.06. The number of H-pyrrole nitrogens is 1. The van der Waals surface area contributed by atoms with Crippen molar-refractivity contribution in [2.45, 2.75) is 18.8 Å². The summed E-state index contributed by atoms with van der Waals surface area (Å²) in [7, 11) is -3.35. The molecule has 1 N–H and O–H groups in total. The Morgan fingerprint density at radius 1 is 1.25 bits per heavy atom. The first-order chi connectivity index (χ1) is 9.68. The van der Waals surface area contributed by atoms with Gasteiger partial charge in [-0.15, -0.1) is 0 Å². The Morgan fingerprint density at radius 2 is 2.05 bits per heavy atom. The van der Waals surface area contributed by atoms with Gasteiger partial charge in [-0.1, -0.05) is 0 Å². The van der Waals surface area contributed by atoms with E-state index in [9.17, 15) is 8.42 Å². The van der Waals surface area contributed by atoms with Crippen molar-refractivity contribution in [3.8, 4) is 0 Å². The van der Waals surface area contributed by atoms with Gasteiger partial charge in [0.1, 0.15) is 0 Å². The molecule has 0 saturated carbocycles. The van der Waals surface area contributed by atoms with Crippen molar-refractivity contribution in [1.29, 1.82) is 0 Å². The van der Waals surface area contributed by atoms with Gasteiger partial charge in [0.2, 0.25) is 0 Å². The minimum Gasteiger partial charge on any atom is -0.379 e. The summed E-state index contributed by atoms with van der Waals surface area (Å²) < 4.78 is 33.6. The SMILES string of the molecule is O=S(=O)(N1CCOCC1)N1CCCC(c2cn[nH]c2)C1. The van der Waals surface area contributed by atoms with Crippen LogP contribution in [0.25, 0.3) is 0 Å². The lowest BCUT2D eigenvalue weighted by atomic mass is 9.94. The first kappa shape index (κ1) is 14.0. The number of aromatic nitrogens is 2. The minimum absolute atomic E-state index is 0.235. The number of ether oxygens (including phenoxy) is 1. The van der Waals surface area contributed by atoms with Gasteiger partial charge in [-0.25, -0.2) is 0 Å². The zero-order chi connectivity index (χ0) is 14.0. The van der Waals surface area contributed by atoms with Crippen LogP contribution >= 0.6 is 0 Å². The summed E-state index contributed by atoms with van der Waals surface area (Å²) >= 11 is 0. The molecule has 0 spiro atoms. The second-order valence-electron chi connectivity index (χ2n) is 5.25. The van der Waals surface area contributed by atoms with Gasteiger partial charge in [0.15, 0.2) is 0 Å². The van der Waals surface area contributed by atoms with Gasteiger partial charge >= 0.3 is 0 Å². The summed E-state index contributed by atoms with van der Waals surface area (Å²) in [5, 5.41) is 6.75. The van der Waals surface area contributed by atoms with Crippen LogP contribution in [0.5, 0.6) is 0 Å². The van der Waals surface area contributed by atoms with Crippen LogP contribution in [0, 0.1) is 0 Å². The third-order valence-corrected chi connectivity index (χ3v) is 6.00. The molecule has 2 saturated heterocycles. The number of hydrogen-bond donors (Lipinski definition) is 1. The van der Waals surface area contributed by atoms with Crippen molar-refractivity contribution in [3.05, 3.63) is 18.0 Å². The van der Waals surface area contributed by atoms with Crippen LogP contribution in [0.4, 0.5) is 0 Å². The van der Waals surface area contributed by atoms with E-state index in [1.807, 2.05) is 6.20 Å². The number of morpholine rings is 1. The lowest BCUT2D eigenvalue weighted by molar-refractivity contribution is 0.0695. The van der Waals surface area contributed by atoms with Crippen molar-refractivity contribution in [1.82, 2.24) is 18.8 Å². The molecular formula is C12H20N4O3S. The average Bonchev–Trinajstić information content (AvgIpc) is 3.03. The van der Waals surface area contributed by atoms with Crippen molar-refractivity contribution in [3.63, 3.8) is 0 Å². The number of nitrogens with one attached hydrogen (secondary N) is 1. The molecule has 20 heavy (non-hydrogen) atoms. The smallest absolute Gasteiger partial charge is 0.282 e. The molecule has 8 heteroatoms. The lowest BCUT2D eigenvalue weighted by Crippen LogP contribution is -2.50. The molecular weight excluding hydrogens is 280 g/mol. The molecule has 1 aromatic rings. The number of aromatic amines is 1. The Labute approximate surface area is 119 Å². The van der Waals surface area contributed by atoms with E-state index in [1.54, 1.807) is 10.5 Å². The molecule has 2 fully saturated rings. The van der Waals surface area contributed by atoms with Crippen LogP contribution in [-0.2, 0) is 14.9 Å². The summed E-state index contributed by atoms with van der Waals surface area (Å²) in [4.78, 5) is 0. The predicted octanol–water partition coefficient (Wildman–Crippen LogP) is 0.166. The third-order valence-electron chi connectivity index (χ3n) is 4.00. The van der Waals surface area contributed by atoms with Gasteiger partial charge in [-0.05, 0) is 18.4 Å². The maximum Gasteiger partial charge on any atom is 0.282 e. The van der Waals surface area contributed by atoms with Crippen molar-refractivity contribution < 1.29 is 13.2 Å². The van der Waals surface area contributed by atoms with E-state index in [0.29, 0.717) is 39.4 Å². The van der Waals surface area contributed by atoms with Gasteiger partial charge in [-0.2, -0.15) is 22.1 Å². The molecule has 0 radical (unpaired) electrons. The molecule has 7 nitrogen and oxygen atoms in total. The van der Waals surface area contributed by atoms with Crippen molar-refractivity contribution in [2.75, 3.05) is 39.4 Å². The standard InChI is InChI=1S/C12H20N4O3S/c17-20(18,15-4-6-19-7-5-15)16-3-1-2-11(10-16)12-8-13-14-9-12/h8-9,11H,1-7,10H2,(H,13,14). The molecule has 3 rings (SSSR count). The van der Waals surface area contributed by atoms with Gasteiger partial charge < -0.3 is 4.74 Å². The highest BCUT2D eigenvalue weighted by molar-refractivity contribution is 7.86. The normalized spacial score (nSPS) is 26.7. The number of piperidine rings is 1. The van der Waals surface area contributed by atoms with Crippen LogP contribution in [0.3, 0.4) is 0 Å². The van der Waals surface area contributed by atoms with E-state index in [4.69, 9.17) is 4.74 Å². The van der Waals surface area contributed by atoms with Crippen molar-refractivity contribution in [2.24, 2.45) is 0 Å². The molecule has 112 valence electrons. The molecule has 1 atom stereocenters. The summed E-state index contributed by atoms with van der Waals surface area (Å²) in [5.41, 5.74) is 1.09. The topological polar surface area (TPSA) is 78.5 Å². The summed E-state index contributed by atoms with van der Waals surface area (Å²) in [5.74, 6) is 0.235. The lowest BCUT2D eigenvalue weighted by Gasteiger charge is -2.36. The highest BCUT2D eigenvalue weighted by Gasteiger charge is 2.34. The average molecular weight is 300 g/mol. The van der Waals surface area contributed by atoms with Gasteiger partial charge in [-0.3, -0.25) is 5.10 Å². The zero-order valence-electron chi connectivity index (χ0n) is 11.4. The maximum atomic E-state index is 12.6. The Morgan fingerprint density at radius 3 is 2.75 bits per heavy atom. The second-order valence-corrected chi connectivity index (χ2v) is 7.18. The van der Waals surface area contributed by atoms with Gasteiger partial charge in [0.25, 0.3) is 10.2 Å². The summed E-state index contributed by atoms with van der Waals surface area (Å²) in [6, 6.07) is 0. The number of nitrogens with zero attached hydrogens (tertiary/aromatic N) is 3. The molecule has 1 unspecified atom stereocenters. The highest BCUT2D eigenvalue weighted by Crippen LogP contribution is 2.28. The fourth-order valence-electron chi connectivity index (χ4n) is 2.85. The largest absolute Gasteiger partial charge is 0.379 e. The van der Waals surface area contributed by atoms with Crippen LogP contribution < -0.4 is 0 Å². The van der Waals surface area contributed by atoms with Crippen LogP contribution in [-0.4, -0.2) is 66.6 Å². The third kappa shape index (κ3) is 2.73. The number of hydrogen-bond acceptors (Lipinski definition) is 4. The minimum atomic E-state index is -3.35. The quantitative estimate of drug-likeness (QED) is 0.863. The summed E-state index contributed by atoms with van der Waals surface area (Å²) in [6.45, 7) is 3.02. The Balaban J connectivity index is 1.72. The van der Waals surface area contributed by atoms with Crippen molar-refractivity contribution >= 4 is 10.2 Å². The number of rotatable bonds is 3. The molecule has 0 aromatic carbocycles. The zero-order valence-corrected chi connectivity index (χ0v) is 12.2. The summed E-state index contributed by atoms with van der Waals surface area (Å²) in [6.07, 6.45) is 5.54. The Hall–Kier alpha value is -0.960. The molecule has 0 aliphatic carbocycles. The van der Waals surface area contributed by atoms with Crippen LogP contribution in [0.15, 0.2) is 12.4 Å². The van der Waals surface area contributed by atoms with E-state index in [-0.39, 0.29) is 5.92 Å². The van der Waals surface area contributed by atoms with E-state index >= 15 is 0 Å². The van der Waals surface area contributed by atoms with E-state index in [2.05, 4.69) is 10.2 Å². The first-order valence-electron chi connectivity index (χ1n) is 6.99. The maximum absolute atomic E-state index is 12.6. The fraction of sp³-hybridized carbons (Fsp3) is 0.750. The van der Waals surface area contributed by atoms with E-state index in [1.165, 1.54) is 4.31 Å². The monoisotopic (exact) mass is 300 g/mol. The molecule has 0 bridgehead atoms. The molecule has 1 aromatic heterocycles. The molecule has 2 aliphatic rings. The van der Waals surface area contributed by atoms with E-state index in [0.717, 1.165) is 18.4 Å². The second kappa shape index (κ2) is 5.80. The Bertz CT molecular complexity index is 525. The van der Waals surface area contributed by atoms with Gasteiger partial charge in [0.05, 0.1) is 19.4 Å². The molecule has 0 amide bonds. The first-order valence-corrected chi connectivity index (χ1v) is 8.39. The highest BCUT2D eigenvalue weighted by atomic mass is 32.2.